The summed E-state index contributed by atoms with van der Waals surface area (Å²) >= 11 is 2.78. The van der Waals surface area contributed by atoms with E-state index < -0.39 is 30.7 Å². The summed E-state index contributed by atoms with van der Waals surface area (Å²) in [5.74, 6) is -1.78. The average molecular weight is 626 g/mol. The number of anilines is 1. The van der Waals surface area contributed by atoms with E-state index in [1.165, 1.54) is 42.2 Å². The number of nitrogens with two attached hydrogens (primary N) is 2. The minimum Gasteiger partial charge on any atom is -0.445 e. The van der Waals surface area contributed by atoms with Crippen LogP contribution in [0.5, 0.6) is 0 Å². The second kappa shape index (κ2) is 16.1. The smallest absolute Gasteiger partial charge is 0.404 e. The number of nitrogen functional groups attached to an aromatic ring is 1. The Labute approximate surface area is 246 Å². The van der Waals surface area contributed by atoms with Crippen LogP contribution in [-0.4, -0.2) is 97.1 Å². The van der Waals surface area contributed by atoms with Crippen LogP contribution in [0.2, 0.25) is 0 Å². The van der Waals surface area contributed by atoms with E-state index in [2.05, 4.69) is 10.3 Å². The summed E-state index contributed by atoms with van der Waals surface area (Å²) in [5, 5.41) is 5.25. The number of β-lactam (4-membered cyclic amide) rings is 1. The molecular formula is C23H36ClN5O9S2. The van der Waals surface area contributed by atoms with Gasteiger partial charge in [-0.1, -0.05) is 13.0 Å². The van der Waals surface area contributed by atoms with Gasteiger partial charge in [0, 0.05) is 37.5 Å². The molecule has 2 aliphatic rings. The van der Waals surface area contributed by atoms with Gasteiger partial charge in [-0.15, -0.1) is 35.5 Å². The molecule has 2 aliphatic heterocycles. The second-order valence-electron chi connectivity index (χ2n) is 8.48. The minimum atomic E-state index is -1.01. The highest BCUT2D eigenvalue weighted by Crippen LogP contribution is 2.41. The molecule has 0 bridgehead atoms. The van der Waals surface area contributed by atoms with Gasteiger partial charge in [0.05, 0.1) is 5.69 Å². The molecule has 0 aliphatic carbocycles. The number of rotatable bonds is 14. The minimum absolute atomic E-state index is 0. The molecule has 0 radical (unpaired) electrons. The quantitative estimate of drug-likeness (QED) is 0.114. The summed E-state index contributed by atoms with van der Waals surface area (Å²) in [4.78, 5) is 43.1. The van der Waals surface area contributed by atoms with Crippen molar-refractivity contribution >= 4 is 64.2 Å². The van der Waals surface area contributed by atoms with Gasteiger partial charge in [-0.05, 0) is 18.9 Å². The highest BCUT2D eigenvalue weighted by molar-refractivity contribution is 8.00. The van der Waals surface area contributed by atoms with Crippen LogP contribution in [0, 0.1) is 0 Å². The first-order valence-electron chi connectivity index (χ1n) is 11.7. The van der Waals surface area contributed by atoms with Crippen molar-refractivity contribution in [3.05, 3.63) is 28.4 Å². The van der Waals surface area contributed by atoms with Crippen LogP contribution in [0.3, 0.4) is 0 Å². The van der Waals surface area contributed by atoms with Crippen molar-refractivity contribution in [1.29, 1.82) is 0 Å². The number of thioether (sulfide) groups is 1. The zero-order valence-electron chi connectivity index (χ0n) is 22.6. The summed E-state index contributed by atoms with van der Waals surface area (Å²) < 4.78 is 26.0. The van der Waals surface area contributed by atoms with Crippen molar-refractivity contribution in [3.63, 3.8) is 0 Å². The zero-order chi connectivity index (χ0) is 27.9. The Hall–Kier alpha value is -2.44. The molecule has 0 unspecified atom stereocenters. The number of thiazole rings is 1. The number of esters is 1. The molecular weight excluding hydrogens is 590 g/mol. The normalized spacial score (nSPS) is 18.8. The fourth-order valence-electron chi connectivity index (χ4n) is 3.76. The molecule has 1 saturated heterocycles. The van der Waals surface area contributed by atoms with Gasteiger partial charge < -0.3 is 40.6 Å². The van der Waals surface area contributed by atoms with Crippen LogP contribution in [0.4, 0.5) is 9.93 Å². The van der Waals surface area contributed by atoms with Crippen molar-refractivity contribution in [1.82, 2.24) is 15.2 Å². The van der Waals surface area contributed by atoms with Crippen LogP contribution in [0.25, 0.3) is 5.57 Å². The van der Waals surface area contributed by atoms with Crippen molar-refractivity contribution in [2.75, 3.05) is 52.3 Å². The number of methoxy groups -OCH3 is 2. The maximum absolute atomic E-state index is 13.2. The topological polar surface area (TPSA) is 209 Å². The van der Waals surface area contributed by atoms with Crippen LogP contribution >= 0.6 is 35.5 Å². The van der Waals surface area contributed by atoms with Crippen molar-refractivity contribution in [2.24, 2.45) is 5.73 Å². The number of allylic oxidation sites excluding steroid dienone is 1. The molecule has 0 saturated carbocycles. The second-order valence-corrected chi connectivity index (χ2v) is 10.5. The lowest BCUT2D eigenvalue weighted by Gasteiger charge is -2.50. The van der Waals surface area contributed by atoms with Crippen LogP contribution < -0.4 is 16.8 Å². The lowest BCUT2D eigenvalue weighted by atomic mass is 10.0. The standard InChI is InChI=1S/C23H33N5O8S2.ClH.H2O/c1-5-6-13(15-10-38-21(24)27-15)7-26-16-18(29)28-17(14(8-35-22(25)31)9-37-19(16)28)20(30)36-12-34-11-23(2,32-3)33-4;;/h6,10,16,19,26H,5,7-9,11-12H2,1-4H3,(H2,24,27)(H2,25,31);1H;1H2/b13-6-;;/t16-,19-;;/m1../s1. The van der Waals surface area contributed by atoms with Gasteiger partial charge in [0.1, 0.15) is 30.3 Å². The van der Waals surface area contributed by atoms with Gasteiger partial charge in [-0.3, -0.25) is 15.0 Å². The van der Waals surface area contributed by atoms with E-state index in [1.54, 1.807) is 6.92 Å². The van der Waals surface area contributed by atoms with Gasteiger partial charge in [0.25, 0.3) is 0 Å². The lowest BCUT2D eigenvalue weighted by molar-refractivity contribution is -0.234. The monoisotopic (exact) mass is 625 g/mol. The lowest BCUT2D eigenvalue weighted by Crippen LogP contribution is -2.70. The Morgan fingerprint density at radius 3 is 2.58 bits per heavy atom. The number of nitrogens with one attached hydrogen (secondary N) is 1. The molecule has 1 aromatic heterocycles. The molecule has 226 valence electrons. The Morgan fingerprint density at radius 2 is 2.00 bits per heavy atom. The highest BCUT2D eigenvalue weighted by atomic mass is 35.5. The number of fused-ring (bicyclic) bond motifs is 1. The molecule has 2 amide bonds. The Balaban J connectivity index is 0.00000400. The van der Waals surface area contributed by atoms with Crippen LogP contribution in [0.1, 0.15) is 26.0 Å². The number of nitrogens with zero attached hydrogens (tertiary/aromatic N) is 2. The third-order valence-corrected chi connectivity index (χ3v) is 7.96. The summed E-state index contributed by atoms with van der Waals surface area (Å²) in [6.45, 7) is 3.41. The number of hydrogen-bond donors (Lipinski definition) is 3. The van der Waals surface area contributed by atoms with Gasteiger partial charge in [0.15, 0.2) is 17.7 Å². The fourth-order valence-corrected chi connectivity index (χ4v) is 5.70. The summed E-state index contributed by atoms with van der Waals surface area (Å²) in [6, 6.07) is -0.544. The van der Waals surface area contributed by atoms with E-state index in [-0.39, 0.29) is 48.1 Å². The Kier molecular flexibility index (Phi) is 14.3. The number of aromatic nitrogens is 1. The van der Waals surface area contributed by atoms with Crippen molar-refractivity contribution in [3.8, 4) is 0 Å². The van der Waals surface area contributed by atoms with E-state index in [0.29, 0.717) is 23.0 Å². The van der Waals surface area contributed by atoms with E-state index in [9.17, 15) is 14.4 Å². The number of ether oxygens (including phenoxy) is 5. The Bertz CT molecular complexity index is 1100. The molecule has 1 aromatic rings. The number of carbonyl (C=O) groups excluding carboxylic acids is 3. The van der Waals surface area contributed by atoms with Gasteiger partial charge >= 0.3 is 12.1 Å². The zero-order valence-corrected chi connectivity index (χ0v) is 25.0. The molecule has 40 heavy (non-hydrogen) atoms. The first-order valence-corrected chi connectivity index (χ1v) is 13.6. The van der Waals surface area contributed by atoms with E-state index in [0.717, 1.165) is 17.7 Å². The molecule has 14 nitrogen and oxygen atoms in total. The molecule has 1 fully saturated rings. The van der Waals surface area contributed by atoms with Gasteiger partial charge in [0.2, 0.25) is 5.91 Å². The summed E-state index contributed by atoms with van der Waals surface area (Å²) in [5.41, 5.74) is 13.0. The molecule has 2 atom stereocenters. The molecule has 17 heteroatoms. The van der Waals surface area contributed by atoms with Crippen molar-refractivity contribution < 1.29 is 43.5 Å². The first-order chi connectivity index (χ1) is 18.1. The number of carbonyl (C=O) groups is 3. The van der Waals surface area contributed by atoms with Crippen molar-refractivity contribution in [2.45, 2.75) is 37.5 Å². The number of halogens is 1. The molecule has 7 N–H and O–H groups in total. The maximum Gasteiger partial charge on any atom is 0.404 e. The van der Waals surface area contributed by atoms with Gasteiger partial charge in [-0.2, -0.15) is 0 Å². The predicted octanol–water partition coefficient (Wildman–Crippen LogP) is 0.865. The molecule has 0 aromatic carbocycles. The number of hydrogen-bond acceptors (Lipinski definition) is 13. The maximum atomic E-state index is 13.2. The third kappa shape index (κ3) is 8.53. The number of primary amides is 1. The Morgan fingerprint density at radius 1 is 1.30 bits per heavy atom. The van der Waals surface area contributed by atoms with E-state index >= 15 is 0 Å². The van der Waals surface area contributed by atoms with Crippen LogP contribution in [0.15, 0.2) is 22.7 Å². The van der Waals surface area contributed by atoms with Crippen LogP contribution in [-0.2, 0) is 33.3 Å². The largest absolute Gasteiger partial charge is 0.445 e. The summed E-state index contributed by atoms with van der Waals surface area (Å²) in [7, 11) is 2.92. The molecule has 3 rings (SSSR count). The van der Waals surface area contributed by atoms with E-state index in [4.69, 9.17) is 35.2 Å². The highest BCUT2D eigenvalue weighted by Gasteiger charge is 2.53. The predicted molar refractivity (Wildman–Crippen MR) is 152 cm³/mol. The van der Waals surface area contributed by atoms with Gasteiger partial charge in [-0.25, -0.2) is 14.6 Å². The molecule has 0 spiro atoms. The fraction of sp³-hybridized carbons (Fsp3) is 0.565. The average Bonchev–Trinajstić information content (AvgIpc) is 3.34. The molecule has 3 heterocycles. The SMILES string of the molecule is CC/C=C(/CN[C@@H]1C(=O)N2C(C(=O)OCOCC(C)(OC)OC)=C(COC(N)=O)CS[C@H]12)c1csc(N)n1.Cl.O. The van der Waals surface area contributed by atoms with E-state index in [1.807, 2.05) is 18.4 Å². The third-order valence-electron chi connectivity index (χ3n) is 5.94. The summed E-state index contributed by atoms with van der Waals surface area (Å²) in [6.07, 6.45) is 1.82. The number of amides is 2. The first kappa shape index (κ1) is 35.6.